The van der Waals surface area contributed by atoms with E-state index in [1.807, 2.05) is 0 Å². The minimum absolute atomic E-state index is 0.136. The number of nitrogens with two attached hydrogens (primary N) is 1. The van der Waals surface area contributed by atoms with Crippen LogP contribution in [0, 0.1) is 0 Å². The van der Waals surface area contributed by atoms with Crippen LogP contribution in [0.4, 0.5) is 0 Å². The Hall–Kier alpha value is -0.0951. The van der Waals surface area contributed by atoms with E-state index in [0.717, 1.165) is 32.2 Å². The summed E-state index contributed by atoms with van der Waals surface area (Å²) in [5, 5.41) is 20.9. The predicted octanol–water partition coefficient (Wildman–Crippen LogP) is 1.13. The van der Waals surface area contributed by atoms with Crippen LogP contribution in [0.2, 0.25) is 6.32 Å². The zero-order valence-electron chi connectivity index (χ0n) is 11.8. The summed E-state index contributed by atoms with van der Waals surface area (Å²) in [4.78, 5) is 0. The maximum absolute atomic E-state index is 8.73. The van der Waals surface area contributed by atoms with Gasteiger partial charge in [-0.1, -0.05) is 12.8 Å². The predicted molar refractivity (Wildman–Crippen MR) is 73.8 cm³/mol. The molecule has 0 bridgehead atoms. The van der Waals surface area contributed by atoms with Gasteiger partial charge in [-0.3, -0.25) is 0 Å². The van der Waals surface area contributed by atoms with Crippen molar-refractivity contribution in [1.29, 1.82) is 0 Å². The standard InChI is InChI=1S/C12H29BN2O2/c1-11(2,3)15-10-8-12(4,14)7-5-6-9-13(16)17/h15-17H,5-10,14H2,1-4H3. The molecule has 0 aliphatic rings. The molecule has 0 rings (SSSR count). The molecule has 0 saturated carbocycles. The molecule has 0 radical (unpaired) electrons. The Morgan fingerprint density at radius 1 is 1.06 bits per heavy atom. The van der Waals surface area contributed by atoms with E-state index in [4.69, 9.17) is 15.8 Å². The van der Waals surface area contributed by atoms with Crippen molar-refractivity contribution in [3.63, 3.8) is 0 Å². The first kappa shape index (κ1) is 16.9. The van der Waals surface area contributed by atoms with Crippen molar-refractivity contribution in [2.24, 2.45) is 5.73 Å². The first-order valence-electron chi connectivity index (χ1n) is 6.52. The molecule has 0 heterocycles. The molecule has 17 heavy (non-hydrogen) atoms. The summed E-state index contributed by atoms with van der Waals surface area (Å²) in [5.41, 5.74) is 6.17. The number of hydrogen-bond acceptors (Lipinski definition) is 4. The van der Waals surface area contributed by atoms with Gasteiger partial charge in [0, 0.05) is 11.1 Å². The van der Waals surface area contributed by atoms with E-state index in [1.54, 1.807) is 0 Å². The van der Waals surface area contributed by atoms with Gasteiger partial charge in [0.15, 0.2) is 0 Å². The van der Waals surface area contributed by atoms with Gasteiger partial charge in [-0.2, -0.15) is 0 Å². The van der Waals surface area contributed by atoms with Crippen LogP contribution in [-0.4, -0.2) is 34.8 Å². The van der Waals surface area contributed by atoms with Crippen molar-refractivity contribution in [2.45, 2.75) is 70.8 Å². The van der Waals surface area contributed by atoms with E-state index in [2.05, 4.69) is 33.0 Å². The summed E-state index contributed by atoms with van der Waals surface area (Å²) in [5.74, 6) is 0. The normalized spacial score (nSPS) is 15.7. The van der Waals surface area contributed by atoms with Crippen LogP contribution >= 0.6 is 0 Å². The van der Waals surface area contributed by atoms with Gasteiger partial charge in [-0.15, -0.1) is 0 Å². The molecule has 102 valence electrons. The molecule has 0 aliphatic carbocycles. The monoisotopic (exact) mass is 244 g/mol. The summed E-state index contributed by atoms with van der Waals surface area (Å²) in [6.07, 6.45) is 4.06. The second kappa shape index (κ2) is 7.36. The largest absolute Gasteiger partial charge is 0.451 e. The average Bonchev–Trinajstić information content (AvgIpc) is 2.09. The third kappa shape index (κ3) is 12.2. The van der Waals surface area contributed by atoms with E-state index in [9.17, 15) is 0 Å². The van der Waals surface area contributed by atoms with Crippen LogP contribution in [0.5, 0.6) is 0 Å². The van der Waals surface area contributed by atoms with Gasteiger partial charge >= 0.3 is 7.12 Å². The number of unbranched alkanes of at least 4 members (excludes halogenated alkanes) is 1. The van der Waals surface area contributed by atoms with E-state index in [-0.39, 0.29) is 11.1 Å². The zero-order chi connectivity index (χ0) is 13.5. The summed E-state index contributed by atoms with van der Waals surface area (Å²) >= 11 is 0. The Balaban J connectivity index is 3.65. The average molecular weight is 244 g/mol. The first-order chi connectivity index (χ1) is 7.62. The third-order valence-electron chi connectivity index (χ3n) is 2.81. The molecule has 0 aromatic heterocycles. The van der Waals surface area contributed by atoms with Gasteiger partial charge in [0.2, 0.25) is 0 Å². The molecule has 1 unspecified atom stereocenters. The van der Waals surface area contributed by atoms with E-state index >= 15 is 0 Å². The Kier molecular flexibility index (Phi) is 7.32. The zero-order valence-corrected chi connectivity index (χ0v) is 11.8. The fourth-order valence-corrected chi connectivity index (χ4v) is 1.70. The van der Waals surface area contributed by atoms with Crippen molar-refractivity contribution < 1.29 is 10.0 Å². The van der Waals surface area contributed by atoms with Crippen LogP contribution in [0.1, 0.15) is 53.4 Å². The van der Waals surface area contributed by atoms with Gasteiger partial charge in [-0.05, 0) is 53.4 Å². The minimum atomic E-state index is -1.18. The number of nitrogens with one attached hydrogen (secondary N) is 1. The van der Waals surface area contributed by atoms with Crippen molar-refractivity contribution in [3.05, 3.63) is 0 Å². The van der Waals surface area contributed by atoms with Gasteiger partial charge in [0.1, 0.15) is 0 Å². The highest BCUT2D eigenvalue weighted by Crippen LogP contribution is 2.16. The van der Waals surface area contributed by atoms with Gasteiger partial charge in [-0.25, -0.2) is 0 Å². The van der Waals surface area contributed by atoms with Crippen molar-refractivity contribution in [3.8, 4) is 0 Å². The maximum atomic E-state index is 8.73. The maximum Gasteiger partial charge on any atom is 0.451 e. The van der Waals surface area contributed by atoms with Gasteiger partial charge < -0.3 is 21.1 Å². The van der Waals surface area contributed by atoms with Crippen LogP contribution in [0.3, 0.4) is 0 Å². The molecule has 0 aromatic rings. The van der Waals surface area contributed by atoms with Crippen LogP contribution in [0.15, 0.2) is 0 Å². The van der Waals surface area contributed by atoms with E-state index in [1.165, 1.54) is 0 Å². The molecule has 0 amide bonds. The van der Waals surface area contributed by atoms with Crippen LogP contribution in [-0.2, 0) is 0 Å². The minimum Gasteiger partial charge on any atom is -0.427 e. The summed E-state index contributed by atoms with van der Waals surface area (Å²) in [6.45, 7) is 9.41. The second-order valence-corrected chi connectivity index (χ2v) is 6.31. The highest BCUT2D eigenvalue weighted by Gasteiger charge is 2.19. The molecule has 0 aliphatic heterocycles. The second-order valence-electron chi connectivity index (χ2n) is 6.31. The SMILES string of the molecule is CC(N)(CCCCB(O)O)CCNC(C)(C)C. The van der Waals surface area contributed by atoms with Crippen molar-refractivity contribution >= 4 is 7.12 Å². The molecule has 1 atom stereocenters. The smallest absolute Gasteiger partial charge is 0.427 e. The van der Waals surface area contributed by atoms with E-state index in [0.29, 0.717) is 6.32 Å². The third-order valence-corrected chi connectivity index (χ3v) is 2.81. The number of rotatable bonds is 8. The quantitative estimate of drug-likeness (QED) is 0.381. The fraction of sp³-hybridized carbons (Fsp3) is 1.00. The Labute approximate surface area is 106 Å². The molecule has 4 nitrogen and oxygen atoms in total. The van der Waals surface area contributed by atoms with Gasteiger partial charge in [0.05, 0.1) is 0 Å². The molecule has 0 spiro atoms. The molecular weight excluding hydrogens is 215 g/mol. The molecular formula is C12H29BN2O2. The highest BCUT2D eigenvalue weighted by atomic mass is 16.4. The molecule has 0 saturated heterocycles. The topological polar surface area (TPSA) is 78.5 Å². The lowest BCUT2D eigenvalue weighted by Crippen LogP contribution is -2.43. The Morgan fingerprint density at radius 3 is 2.12 bits per heavy atom. The Morgan fingerprint density at radius 2 is 1.65 bits per heavy atom. The summed E-state index contributed by atoms with van der Waals surface area (Å²) in [7, 11) is -1.18. The summed E-state index contributed by atoms with van der Waals surface area (Å²) in [6, 6.07) is 0. The van der Waals surface area contributed by atoms with E-state index < -0.39 is 7.12 Å². The molecule has 0 aromatic carbocycles. The number of hydrogen-bond donors (Lipinski definition) is 4. The van der Waals surface area contributed by atoms with Crippen molar-refractivity contribution in [2.75, 3.05) is 6.54 Å². The lowest BCUT2D eigenvalue weighted by molar-refractivity contribution is 0.341. The molecule has 0 fully saturated rings. The summed E-state index contributed by atoms with van der Waals surface area (Å²) < 4.78 is 0. The van der Waals surface area contributed by atoms with Gasteiger partial charge in [0.25, 0.3) is 0 Å². The molecule has 5 N–H and O–H groups in total. The lowest BCUT2D eigenvalue weighted by atomic mass is 9.82. The lowest BCUT2D eigenvalue weighted by Gasteiger charge is -2.28. The molecule has 5 heteroatoms. The van der Waals surface area contributed by atoms with Crippen molar-refractivity contribution in [1.82, 2.24) is 5.32 Å². The van der Waals surface area contributed by atoms with Crippen LogP contribution in [0.25, 0.3) is 0 Å². The van der Waals surface area contributed by atoms with Crippen LogP contribution < -0.4 is 11.1 Å². The first-order valence-corrected chi connectivity index (χ1v) is 6.52. The highest BCUT2D eigenvalue weighted by molar-refractivity contribution is 6.40. The fourth-order valence-electron chi connectivity index (χ4n) is 1.70. The Bertz CT molecular complexity index is 203.